The van der Waals surface area contributed by atoms with E-state index >= 15 is 0 Å². The van der Waals surface area contributed by atoms with Crippen LogP contribution in [-0.2, 0) is 4.79 Å². The molecule has 3 N–H and O–H groups in total. The highest BCUT2D eigenvalue weighted by molar-refractivity contribution is 6.04. The third-order valence-electron chi connectivity index (χ3n) is 2.75. The Hall–Kier alpha value is -2.04. The SMILES string of the molecule is CCCC1Nc2cc(C(=O)O)ccc2NC1=O. The summed E-state index contributed by atoms with van der Waals surface area (Å²) < 4.78 is 0. The fourth-order valence-electron chi connectivity index (χ4n) is 1.87. The lowest BCUT2D eigenvalue weighted by Gasteiger charge is -2.26. The molecule has 0 spiro atoms. The van der Waals surface area contributed by atoms with E-state index in [0.29, 0.717) is 11.4 Å². The van der Waals surface area contributed by atoms with Crippen LogP contribution in [0.2, 0.25) is 0 Å². The molecule has 0 saturated heterocycles. The van der Waals surface area contributed by atoms with Gasteiger partial charge >= 0.3 is 5.97 Å². The van der Waals surface area contributed by atoms with Crippen LogP contribution in [-0.4, -0.2) is 23.0 Å². The van der Waals surface area contributed by atoms with Gasteiger partial charge in [-0.05, 0) is 24.6 Å². The summed E-state index contributed by atoms with van der Waals surface area (Å²) in [5.74, 6) is -1.04. The number of rotatable bonds is 3. The van der Waals surface area contributed by atoms with E-state index in [-0.39, 0.29) is 17.5 Å². The van der Waals surface area contributed by atoms with Gasteiger partial charge in [-0.15, -0.1) is 0 Å². The average Bonchev–Trinajstić information content (AvgIpc) is 2.29. The largest absolute Gasteiger partial charge is 0.478 e. The Kier molecular flexibility index (Phi) is 2.99. The molecule has 1 aromatic rings. The summed E-state index contributed by atoms with van der Waals surface area (Å²) in [4.78, 5) is 22.5. The molecule has 1 amide bonds. The highest BCUT2D eigenvalue weighted by atomic mass is 16.4. The fraction of sp³-hybridized carbons (Fsp3) is 0.333. The summed E-state index contributed by atoms with van der Waals surface area (Å²) in [6.45, 7) is 2.00. The second-order valence-corrected chi connectivity index (χ2v) is 4.04. The highest BCUT2D eigenvalue weighted by Crippen LogP contribution is 2.28. The first-order valence-corrected chi connectivity index (χ1v) is 5.56. The van der Waals surface area contributed by atoms with Gasteiger partial charge in [0, 0.05) is 0 Å². The number of carboxylic acid groups (broad SMARTS) is 1. The zero-order valence-electron chi connectivity index (χ0n) is 9.49. The molecular formula is C12H14N2O3. The maximum absolute atomic E-state index is 11.7. The number of amides is 1. The molecule has 2 rings (SSSR count). The number of aromatic carboxylic acids is 1. The summed E-state index contributed by atoms with van der Waals surface area (Å²) in [5.41, 5.74) is 1.51. The van der Waals surface area contributed by atoms with Gasteiger partial charge in [-0.2, -0.15) is 0 Å². The number of fused-ring (bicyclic) bond motifs is 1. The lowest BCUT2D eigenvalue weighted by molar-refractivity contribution is -0.117. The molecule has 17 heavy (non-hydrogen) atoms. The van der Waals surface area contributed by atoms with Gasteiger partial charge in [0.25, 0.3) is 0 Å². The number of hydrogen-bond acceptors (Lipinski definition) is 3. The summed E-state index contributed by atoms with van der Waals surface area (Å²) in [7, 11) is 0. The Morgan fingerprint density at radius 2 is 2.18 bits per heavy atom. The molecule has 0 bridgehead atoms. The van der Waals surface area contributed by atoms with E-state index < -0.39 is 5.97 Å². The Morgan fingerprint density at radius 3 is 2.82 bits per heavy atom. The van der Waals surface area contributed by atoms with E-state index in [1.54, 1.807) is 12.1 Å². The summed E-state index contributed by atoms with van der Waals surface area (Å²) in [6.07, 6.45) is 1.61. The minimum Gasteiger partial charge on any atom is -0.478 e. The molecule has 5 nitrogen and oxygen atoms in total. The molecule has 1 aromatic carbocycles. The Labute approximate surface area is 98.8 Å². The van der Waals surface area contributed by atoms with Crippen LogP contribution in [0.4, 0.5) is 11.4 Å². The van der Waals surface area contributed by atoms with Crippen molar-refractivity contribution in [3.8, 4) is 0 Å². The molecular weight excluding hydrogens is 220 g/mol. The van der Waals surface area contributed by atoms with Gasteiger partial charge in [-0.1, -0.05) is 13.3 Å². The molecule has 1 unspecified atom stereocenters. The fourth-order valence-corrected chi connectivity index (χ4v) is 1.87. The van der Waals surface area contributed by atoms with E-state index in [1.165, 1.54) is 6.07 Å². The first-order chi connectivity index (χ1) is 8.11. The van der Waals surface area contributed by atoms with E-state index in [2.05, 4.69) is 10.6 Å². The summed E-state index contributed by atoms with van der Waals surface area (Å²) in [5, 5.41) is 14.7. The van der Waals surface area contributed by atoms with Crippen LogP contribution in [0.1, 0.15) is 30.1 Å². The molecule has 0 fully saturated rings. The number of carbonyl (C=O) groups is 2. The monoisotopic (exact) mass is 234 g/mol. The predicted octanol–water partition coefficient (Wildman–Crippen LogP) is 1.92. The van der Waals surface area contributed by atoms with Crippen molar-refractivity contribution in [2.75, 3.05) is 10.6 Å². The molecule has 0 aliphatic carbocycles. The first kappa shape index (κ1) is 11.4. The number of hydrogen-bond donors (Lipinski definition) is 3. The number of nitrogens with one attached hydrogen (secondary N) is 2. The predicted molar refractivity (Wildman–Crippen MR) is 64.3 cm³/mol. The lowest BCUT2D eigenvalue weighted by Crippen LogP contribution is -2.38. The van der Waals surface area contributed by atoms with Crippen LogP contribution in [0, 0.1) is 0 Å². The van der Waals surface area contributed by atoms with Crippen LogP contribution < -0.4 is 10.6 Å². The number of anilines is 2. The molecule has 5 heteroatoms. The van der Waals surface area contributed by atoms with Crippen molar-refractivity contribution in [3.05, 3.63) is 23.8 Å². The Bertz CT molecular complexity index is 471. The second-order valence-electron chi connectivity index (χ2n) is 4.04. The van der Waals surface area contributed by atoms with Crippen LogP contribution in [0.5, 0.6) is 0 Å². The average molecular weight is 234 g/mol. The van der Waals surface area contributed by atoms with Crippen molar-refractivity contribution in [1.29, 1.82) is 0 Å². The molecule has 1 aliphatic rings. The van der Waals surface area contributed by atoms with Gasteiger partial charge in [0.2, 0.25) is 5.91 Å². The molecule has 0 saturated carbocycles. The minimum atomic E-state index is -0.974. The molecule has 1 aliphatic heterocycles. The highest BCUT2D eigenvalue weighted by Gasteiger charge is 2.24. The molecule has 90 valence electrons. The van der Waals surface area contributed by atoms with Gasteiger partial charge in [0.15, 0.2) is 0 Å². The third kappa shape index (κ3) is 2.22. The van der Waals surface area contributed by atoms with Crippen LogP contribution in [0.15, 0.2) is 18.2 Å². The molecule has 1 atom stereocenters. The van der Waals surface area contributed by atoms with Gasteiger partial charge < -0.3 is 15.7 Å². The van der Waals surface area contributed by atoms with Crippen molar-refractivity contribution in [3.63, 3.8) is 0 Å². The summed E-state index contributed by atoms with van der Waals surface area (Å²) >= 11 is 0. The molecule has 1 heterocycles. The zero-order chi connectivity index (χ0) is 12.4. The smallest absolute Gasteiger partial charge is 0.335 e. The second kappa shape index (κ2) is 4.45. The lowest BCUT2D eigenvalue weighted by atomic mass is 10.1. The minimum absolute atomic E-state index is 0.0672. The van der Waals surface area contributed by atoms with Crippen LogP contribution in [0.25, 0.3) is 0 Å². The van der Waals surface area contributed by atoms with Crippen molar-refractivity contribution >= 4 is 23.3 Å². The zero-order valence-corrected chi connectivity index (χ0v) is 9.49. The maximum Gasteiger partial charge on any atom is 0.335 e. The van der Waals surface area contributed by atoms with Gasteiger partial charge in [0.1, 0.15) is 6.04 Å². The van der Waals surface area contributed by atoms with Crippen molar-refractivity contribution < 1.29 is 14.7 Å². The number of carbonyl (C=O) groups excluding carboxylic acids is 1. The van der Waals surface area contributed by atoms with Crippen LogP contribution >= 0.6 is 0 Å². The van der Waals surface area contributed by atoms with Crippen molar-refractivity contribution in [2.24, 2.45) is 0 Å². The topological polar surface area (TPSA) is 78.4 Å². The van der Waals surface area contributed by atoms with E-state index in [1.807, 2.05) is 6.92 Å². The Balaban J connectivity index is 2.30. The van der Waals surface area contributed by atoms with Gasteiger partial charge in [-0.25, -0.2) is 4.79 Å². The van der Waals surface area contributed by atoms with E-state index in [4.69, 9.17) is 5.11 Å². The molecule has 0 aromatic heterocycles. The first-order valence-electron chi connectivity index (χ1n) is 5.56. The maximum atomic E-state index is 11.7. The van der Waals surface area contributed by atoms with E-state index in [9.17, 15) is 9.59 Å². The van der Waals surface area contributed by atoms with E-state index in [0.717, 1.165) is 12.8 Å². The normalized spacial score (nSPS) is 17.9. The van der Waals surface area contributed by atoms with Crippen molar-refractivity contribution in [1.82, 2.24) is 0 Å². The molecule has 0 radical (unpaired) electrons. The van der Waals surface area contributed by atoms with Gasteiger partial charge in [0.05, 0.1) is 16.9 Å². The number of benzene rings is 1. The van der Waals surface area contributed by atoms with Gasteiger partial charge in [-0.3, -0.25) is 4.79 Å². The third-order valence-corrected chi connectivity index (χ3v) is 2.75. The Morgan fingerprint density at radius 1 is 1.41 bits per heavy atom. The standard InChI is InChI=1S/C12H14N2O3/c1-2-3-9-11(15)14-8-5-4-7(12(16)17)6-10(8)13-9/h4-6,9,13H,2-3H2,1H3,(H,14,15)(H,16,17). The number of carboxylic acids is 1. The summed E-state index contributed by atoms with van der Waals surface area (Å²) in [6, 6.07) is 4.34. The van der Waals surface area contributed by atoms with Crippen molar-refractivity contribution in [2.45, 2.75) is 25.8 Å². The quantitative estimate of drug-likeness (QED) is 0.746. The van der Waals surface area contributed by atoms with Crippen LogP contribution in [0.3, 0.4) is 0 Å².